The molecule has 0 saturated carbocycles. The Labute approximate surface area is 129 Å². The van der Waals surface area contributed by atoms with Crippen molar-refractivity contribution in [2.45, 2.75) is 6.92 Å². The van der Waals surface area contributed by atoms with Crippen LogP contribution in [0, 0.1) is 0 Å². The zero-order valence-corrected chi connectivity index (χ0v) is 12.4. The SMILES string of the molecule is CCOC(=O)c1ccccc1Nc1cccc2ccccc12. The van der Waals surface area contributed by atoms with Gasteiger partial charge < -0.3 is 10.1 Å². The highest BCUT2D eigenvalue weighted by Gasteiger charge is 2.12. The number of hydrogen-bond acceptors (Lipinski definition) is 3. The fourth-order valence-electron chi connectivity index (χ4n) is 2.46. The van der Waals surface area contributed by atoms with E-state index in [-0.39, 0.29) is 5.97 Å². The van der Waals surface area contributed by atoms with E-state index in [0.717, 1.165) is 22.1 Å². The largest absolute Gasteiger partial charge is 0.462 e. The smallest absolute Gasteiger partial charge is 0.340 e. The molecule has 0 aliphatic heterocycles. The minimum absolute atomic E-state index is 0.314. The molecule has 1 N–H and O–H groups in total. The van der Waals surface area contributed by atoms with Crippen LogP contribution in [0.2, 0.25) is 0 Å². The van der Waals surface area contributed by atoms with Crippen LogP contribution in [0.5, 0.6) is 0 Å². The molecular formula is C19H17NO2. The second-order valence-electron chi connectivity index (χ2n) is 4.92. The molecule has 0 heterocycles. The molecular weight excluding hydrogens is 274 g/mol. The van der Waals surface area contributed by atoms with Crippen molar-refractivity contribution in [3.63, 3.8) is 0 Å². The molecule has 0 atom stereocenters. The summed E-state index contributed by atoms with van der Waals surface area (Å²) in [5, 5.41) is 5.62. The number of para-hydroxylation sites is 1. The molecule has 0 saturated heterocycles. The van der Waals surface area contributed by atoms with Crippen LogP contribution in [0.15, 0.2) is 66.7 Å². The zero-order valence-electron chi connectivity index (χ0n) is 12.4. The molecule has 0 bridgehead atoms. The number of fused-ring (bicyclic) bond motifs is 1. The Morgan fingerprint density at radius 3 is 2.45 bits per heavy atom. The van der Waals surface area contributed by atoms with Crippen LogP contribution in [0.3, 0.4) is 0 Å². The Hall–Kier alpha value is -2.81. The summed E-state index contributed by atoms with van der Waals surface area (Å²) < 4.78 is 5.11. The average molecular weight is 291 g/mol. The van der Waals surface area contributed by atoms with Crippen LogP contribution in [-0.2, 0) is 4.74 Å². The van der Waals surface area contributed by atoms with E-state index in [9.17, 15) is 4.79 Å². The van der Waals surface area contributed by atoms with E-state index in [1.807, 2.05) is 42.5 Å². The monoisotopic (exact) mass is 291 g/mol. The Morgan fingerprint density at radius 2 is 1.59 bits per heavy atom. The maximum absolute atomic E-state index is 12.1. The van der Waals surface area contributed by atoms with E-state index in [2.05, 4.69) is 23.5 Å². The molecule has 3 nitrogen and oxygen atoms in total. The van der Waals surface area contributed by atoms with E-state index in [1.54, 1.807) is 13.0 Å². The Bertz CT molecular complexity index is 806. The lowest BCUT2D eigenvalue weighted by atomic mass is 10.1. The van der Waals surface area contributed by atoms with Crippen molar-refractivity contribution in [3.8, 4) is 0 Å². The molecule has 0 spiro atoms. The third-order valence-corrected chi connectivity index (χ3v) is 3.48. The van der Waals surface area contributed by atoms with Crippen LogP contribution in [-0.4, -0.2) is 12.6 Å². The third-order valence-electron chi connectivity index (χ3n) is 3.48. The highest BCUT2D eigenvalue weighted by atomic mass is 16.5. The Morgan fingerprint density at radius 1 is 0.909 bits per heavy atom. The summed E-state index contributed by atoms with van der Waals surface area (Å²) in [6.45, 7) is 2.17. The number of esters is 1. The molecule has 3 rings (SSSR count). The highest BCUT2D eigenvalue weighted by molar-refractivity contribution is 6.00. The van der Waals surface area contributed by atoms with E-state index in [1.165, 1.54) is 0 Å². The second kappa shape index (κ2) is 6.31. The summed E-state index contributed by atoms with van der Waals surface area (Å²) in [5.41, 5.74) is 2.25. The summed E-state index contributed by atoms with van der Waals surface area (Å²) in [5.74, 6) is -0.314. The maximum atomic E-state index is 12.1. The first-order chi connectivity index (χ1) is 10.8. The molecule has 0 aromatic heterocycles. The van der Waals surface area contributed by atoms with Gasteiger partial charge in [0, 0.05) is 11.1 Å². The average Bonchev–Trinajstić information content (AvgIpc) is 2.56. The van der Waals surface area contributed by atoms with Gasteiger partial charge in [-0.3, -0.25) is 0 Å². The summed E-state index contributed by atoms with van der Waals surface area (Å²) in [4.78, 5) is 12.1. The number of hydrogen-bond donors (Lipinski definition) is 1. The first-order valence-electron chi connectivity index (χ1n) is 7.30. The van der Waals surface area contributed by atoms with Gasteiger partial charge in [-0.05, 0) is 30.5 Å². The molecule has 3 aromatic rings. The molecule has 3 aromatic carbocycles. The van der Waals surface area contributed by atoms with Crippen LogP contribution < -0.4 is 5.32 Å². The Kier molecular flexibility index (Phi) is 4.05. The normalized spacial score (nSPS) is 10.4. The van der Waals surface area contributed by atoms with Crippen molar-refractivity contribution in [3.05, 3.63) is 72.3 Å². The molecule has 22 heavy (non-hydrogen) atoms. The van der Waals surface area contributed by atoms with Gasteiger partial charge >= 0.3 is 5.97 Å². The molecule has 0 amide bonds. The van der Waals surface area contributed by atoms with E-state index in [0.29, 0.717) is 12.2 Å². The lowest BCUT2D eigenvalue weighted by Gasteiger charge is -2.13. The van der Waals surface area contributed by atoms with Crippen molar-refractivity contribution >= 4 is 28.1 Å². The molecule has 0 radical (unpaired) electrons. The second-order valence-corrected chi connectivity index (χ2v) is 4.92. The summed E-state index contributed by atoms with van der Waals surface area (Å²) in [7, 11) is 0. The zero-order chi connectivity index (χ0) is 15.4. The number of anilines is 2. The summed E-state index contributed by atoms with van der Waals surface area (Å²) in [6, 6.07) is 21.6. The Balaban J connectivity index is 2.01. The lowest BCUT2D eigenvalue weighted by Crippen LogP contribution is -2.07. The van der Waals surface area contributed by atoms with Crippen molar-refractivity contribution in [2.24, 2.45) is 0 Å². The first kappa shape index (κ1) is 14.1. The molecule has 0 fully saturated rings. The van der Waals surface area contributed by atoms with Gasteiger partial charge in [-0.2, -0.15) is 0 Å². The van der Waals surface area contributed by atoms with E-state index in [4.69, 9.17) is 4.74 Å². The van der Waals surface area contributed by atoms with Gasteiger partial charge in [0.25, 0.3) is 0 Å². The molecule has 3 heteroatoms. The maximum Gasteiger partial charge on any atom is 0.340 e. The highest BCUT2D eigenvalue weighted by Crippen LogP contribution is 2.28. The van der Waals surface area contributed by atoms with Gasteiger partial charge in [0.2, 0.25) is 0 Å². The third kappa shape index (κ3) is 2.79. The van der Waals surface area contributed by atoms with E-state index >= 15 is 0 Å². The quantitative estimate of drug-likeness (QED) is 0.704. The number of rotatable bonds is 4. The van der Waals surface area contributed by atoms with Crippen molar-refractivity contribution in [1.29, 1.82) is 0 Å². The van der Waals surface area contributed by atoms with Crippen LogP contribution in [0.4, 0.5) is 11.4 Å². The molecule has 0 aliphatic carbocycles. The van der Waals surface area contributed by atoms with Crippen molar-refractivity contribution < 1.29 is 9.53 Å². The van der Waals surface area contributed by atoms with Gasteiger partial charge in [0.1, 0.15) is 0 Å². The molecule has 0 aliphatic rings. The topological polar surface area (TPSA) is 38.3 Å². The summed E-state index contributed by atoms with van der Waals surface area (Å²) >= 11 is 0. The fourth-order valence-corrected chi connectivity index (χ4v) is 2.46. The first-order valence-corrected chi connectivity index (χ1v) is 7.30. The minimum atomic E-state index is -0.314. The standard InChI is InChI=1S/C19H17NO2/c1-2-22-19(21)16-11-5-6-12-18(16)20-17-13-7-9-14-8-3-4-10-15(14)17/h3-13,20H,2H2,1H3. The molecule has 0 unspecified atom stereocenters. The van der Waals surface area contributed by atoms with Gasteiger partial charge in [0.05, 0.1) is 17.9 Å². The van der Waals surface area contributed by atoms with Crippen LogP contribution in [0.25, 0.3) is 10.8 Å². The number of nitrogens with one attached hydrogen (secondary N) is 1. The number of ether oxygens (including phenoxy) is 1. The predicted molar refractivity (Wildman–Crippen MR) is 89.6 cm³/mol. The predicted octanol–water partition coefficient (Wildman–Crippen LogP) is 4.76. The number of carbonyl (C=O) groups is 1. The number of carbonyl (C=O) groups excluding carboxylic acids is 1. The molecule has 110 valence electrons. The summed E-state index contributed by atoms with van der Waals surface area (Å²) in [6.07, 6.45) is 0. The number of benzene rings is 3. The van der Waals surface area contributed by atoms with Crippen molar-refractivity contribution in [2.75, 3.05) is 11.9 Å². The lowest BCUT2D eigenvalue weighted by molar-refractivity contribution is 0.0527. The van der Waals surface area contributed by atoms with Crippen LogP contribution in [0.1, 0.15) is 17.3 Å². The van der Waals surface area contributed by atoms with Crippen LogP contribution >= 0.6 is 0 Å². The van der Waals surface area contributed by atoms with Crippen molar-refractivity contribution in [1.82, 2.24) is 0 Å². The van der Waals surface area contributed by atoms with E-state index < -0.39 is 0 Å². The van der Waals surface area contributed by atoms with Gasteiger partial charge in [-0.25, -0.2) is 4.79 Å². The van der Waals surface area contributed by atoms with Gasteiger partial charge in [0.15, 0.2) is 0 Å². The fraction of sp³-hybridized carbons (Fsp3) is 0.105. The minimum Gasteiger partial charge on any atom is -0.462 e. The van der Waals surface area contributed by atoms with Gasteiger partial charge in [-0.15, -0.1) is 0 Å². The van der Waals surface area contributed by atoms with Gasteiger partial charge in [-0.1, -0.05) is 48.5 Å².